The SMILES string of the molecule is Cc1cccc2[nH]c(CN=C(N)NC3CC3)nc12. The number of nitrogens with one attached hydrogen (secondary N) is 2. The van der Waals surface area contributed by atoms with Gasteiger partial charge in [0.05, 0.1) is 11.0 Å². The molecule has 0 spiro atoms. The molecule has 4 N–H and O–H groups in total. The number of aromatic amines is 1. The molecular formula is C13H17N5. The number of hydrogen-bond donors (Lipinski definition) is 3. The van der Waals surface area contributed by atoms with Gasteiger partial charge in [-0.15, -0.1) is 0 Å². The van der Waals surface area contributed by atoms with Crippen LogP contribution in [0.25, 0.3) is 11.0 Å². The van der Waals surface area contributed by atoms with Crippen LogP contribution in [0.3, 0.4) is 0 Å². The predicted molar refractivity (Wildman–Crippen MR) is 72.3 cm³/mol. The van der Waals surface area contributed by atoms with Crippen LogP contribution in [0.15, 0.2) is 23.2 Å². The Morgan fingerprint density at radius 2 is 2.39 bits per heavy atom. The lowest BCUT2D eigenvalue weighted by atomic mass is 10.2. The van der Waals surface area contributed by atoms with Gasteiger partial charge in [0.25, 0.3) is 0 Å². The first-order valence-electron chi connectivity index (χ1n) is 6.23. The van der Waals surface area contributed by atoms with Crippen molar-refractivity contribution >= 4 is 17.0 Å². The Hall–Kier alpha value is -2.04. The zero-order valence-corrected chi connectivity index (χ0v) is 10.4. The molecule has 1 fully saturated rings. The number of nitrogens with two attached hydrogens (primary N) is 1. The number of aromatic nitrogens is 2. The first-order chi connectivity index (χ1) is 8.72. The summed E-state index contributed by atoms with van der Waals surface area (Å²) in [5, 5.41) is 3.16. The van der Waals surface area contributed by atoms with E-state index in [2.05, 4.69) is 33.3 Å². The minimum atomic E-state index is 0.486. The van der Waals surface area contributed by atoms with E-state index in [9.17, 15) is 0 Å². The van der Waals surface area contributed by atoms with Gasteiger partial charge in [0, 0.05) is 6.04 Å². The van der Waals surface area contributed by atoms with Crippen LogP contribution in [0.5, 0.6) is 0 Å². The van der Waals surface area contributed by atoms with Gasteiger partial charge in [-0.3, -0.25) is 0 Å². The van der Waals surface area contributed by atoms with Crippen molar-refractivity contribution in [3.8, 4) is 0 Å². The molecule has 0 unspecified atom stereocenters. The smallest absolute Gasteiger partial charge is 0.189 e. The van der Waals surface area contributed by atoms with Crippen LogP contribution in [0.4, 0.5) is 0 Å². The molecule has 1 heterocycles. The van der Waals surface area contributed by atoms with Gasteiger partial charge in [0.2, 0.25) is 0 Å². The van der Waals surface area contributed by atoms with Crippen molar-refractivity contribution in [1.29, 1.82) is 0 Å². The van der Waals surface area contributed by atoms with E-state index in [1.54, 1.807) is 0 Å². The van der Waals surface area contributed by atoms with E-state index in [0.717, 1.165) is 16.9 Å². The van der Waals surface area contributed by atoms with E-state index in [4.69, 9.17) is 5.73 Å². The molecule has 1 aromatic heterocycles. The second kappa shape index (κ2) is 4.33. The van der Waals surface area contributed by atoms with Crippen LogP contribution in [0.2, 0.25) is 0 Å². The van der Waals surface area contributed by atoms with E-state index < -0.39 is 0 Å². The Balaban J connectivity index is 1.76. The lowest BCUT2D eigenvalue weighted by molar-refractivity contribution is 0.866. The largest absolute Gasteiger partial charge is 0.370 e. The number of hydrogen-bond acceptors (Lipinski definition) is 2. The number of guanidine groups is 1. The Kier molecular flexibility index (Phi) is 2.66. The number of nitrogens with zero attached hydrogens (tertiary/aromatic N) is 2. The summed E-state index contributed by atoms with van der Waals surface area (Å²) < 4.78 is 0. The van der Waals surface area contributed by atoms with Crippen molar-refractivity contribution in [2.24, 2.45) is 10.7 Å². The van der Waals surface area contributed by atoms with Crippen molar-refractivity contribution in [2.45, 2.75) is 32.4 Å². The molecule has 0 amide bonds. The summed E-state index contributed by atoms with van der Waals surface area (Å²) in [4.78, 5) is 12.1. The first-order valence-corrected chi connectivity index (χ1v) is 6.23. The van der Waals surface area contributed by atoms with Crippen LogP contribution in [0.1, 0.15) is 24.2 Å². The zero-order chi connectivity index (χ0) is 12.5. The average molecular weight is 243 g/mol. The number of aliphatic imine (C=N–C) groups is 1. The Labute approximate surface area is 106 Å². The van der Waals surface area contributed by atoms with Crippen molar-refractivity contribution in [2.75, 3.05) is 0 Å². The molecule has 0 bridgehead atoms. The highest BCUT2D eigenvalue weighted by atomic mass is 15.1. The molecule has 18 heavy (non-hydrogen) atoms. The number of fused-ring (bicyclic) bond motifs is 1. The van der Waals surface area contributed by atoms with E-state index >= 15 is 0 Å². The molecule has 5 heteroatoms. The van der Waals surface area contributed by atoms with Gasteiger partial charge < -0.3 is 16.0 Å². The van der Waals surface area contributed by atoms with Gasteiger partial charge in [0.1, 0.15) is 12.4 Å². The number of H-pyrrole nitrogens is 1. The third kappa shape index (κ3) is 2.30. The van der Waals surface area contributed by atoms with Gasteiger partial charge in [-0.05, 0) is 31.4 Å². The van der Waals surface area contributed by atoms with Crippen molar-refractivity contribution in [1.82, 2.24) is 15.3 Å². The van der Waals surface area contributed by atoms with Gasteiger partial charge >= 0.3 is 0 Å². The zero-order valence-electron chi connectivity index (χ0n) is 10.4. The summed E-state index contributed by atoms with van der Waals surface area (Å²) in [5.74, 6) is 1.36. The number of para-hydroxylation sites is 1. The maximum Gasteiger partial charge on any atom is 0.189 e. The third-order valence-electron chi connectivity index (χ3n) is 3.09. The maximum atomic E-state index is 5.78. The molecule has 0 saturated heterocycles. The minimum absolute atomic E-state index is 0.486. The number of aryl methyl sites for hydroxylation is 1. The highest BCUT2D eigenvalue weighted by molar-refractivity contribution is 5.79. The van der Waals surface area contributed by atoms with E-state index in [-0.39, 0.29) is 0 Å². The molecule has 1 aliphatic rings. The molecule has 1 aromatic carbocycles. The summed E-state index contributed by atoms with van der Waals surface area (Å²) in [5.41, 5.74) is 9.01. The molecule has 5 nitrogen and oxygen atoms in total. The van der Waals surface area contributed by atoms with Gasteiger partial charge in [-0.1, -0.05) is 12.1 Å². The monoisotopic (exact) mass is 243 g/mol. The summed E-state index contributed by atoms with van der Waals surface area (Å²) in [6.07, 6.45) is 2.39. The molecule has 94 valence electrons. The standard InChI is InChI=1S/C13H17N5/c1-8-3-2-4-10-12(8)18-11(17-10)7-15-13(14)16-9-5-6-9/h2-4,9H,5-7H2,1H3,(H,17,18)(H3,14,15,16). The summed E-state index contributed by atoms with van der Waals surface area (Å²) >= 11 is 0. The fourth-order valence-electron chi connectivity index (χ4n) is 1.94. The summed E-state index contributed by atoms with van der Waals surface area (Å²) in [6.45, 7) is 2.54. The highest BCUT2D eigenvalue weighted by Crippen LogP contribution is 2.18. The van der Waals surface area contributed by atoms with E-state index in [1.165, 1.54) is 18.4 Å². The summed E-state index contributed by atoms with van der Waals surface area (Å²) in [6, 6.07) is 6.63. The molecule has 0 radical (unpaired) electrons. The van der Waals surface area contributed by atoms with Crippen molar-refractivity contribution in [3.05, 3.63) is 29.6 Å². The fourth-order valence-corrected chi connectivity index (χ4v) is 1.94. The van der Waals surface area contributed by atoms with Crippen LogP contribution >= 0.6 is 0 Å². The van der Waals surface area contributed by atoms with Gasteiger partial charge in [-0.2, -0.15) is 0 Å². The summed E-state index contributed by atoms with van der Waals surface area (Å²) in [7, 11) is 0. The lowest BCUT2D eigenvalue weighted by Gasteiger charge is -2.01. The molecule has 0 aliphatic heterocycles. The second-order valence-electron chi connectivity index (χ2n) is 4.77. The Morgan fingerprint density at radius 3 is 3.11 bits per heavy atom. The van der Waals surface area contributed by atoms with Gasteiger partial charge in [-0.25, -0.2) is 9.98 Å². The fraction of sp³-hybridized carbons (Fsp3) is 0.385. The van der Waals surface area contributed by atoms with E-state index in [0.29, 0.717) is 18.5 Å². The molecule has 3 rings (SSSR count). The normalized spacial score (nSPS) is 16.2. The first kappa shape index (κ1) is 11.1. The van der Waals surface area contributed by atoms with Crippen LogP contribution < -0.4 is 11.1 Å². The molecule has 2 aromatic rings. The molecular weight excluding hydrogens is 226 g/mol. The highest BCUT2D eigenvalue weighted by Gasteiger charge is 2.21. The van der Waals surface area contributed by atoms with E-state index in [1.807, 2.05) is 12.1 Å². The molecule has 1 saturated carbocycles. The number of rotatable bonds is 3. The molecule has 0 atom stereocenters. The van der Waals surface area contributed by atoms with Crippen LogP contribution in [-0.2, 0) is 6.54 Å². The quantitative estimate of drug-likeness (QED) is 0.563. The van der Waals surface area contributed by atoms with Crippen LogP contribution in [-0.4, -0.2) is 22.0 Å². The average Bonchev–Trinajstić information content (AvgIpc) is 3.04. The topological polar surface area (TPSA) is 79.1 Å². The second-order valence-corrected chi connectivity index (χ2v) is 4.77. The van der Waals surface area contributed by atoms with Crippen molar-refractivity contribution in [3.63, 3.8) is 0 Å². The van der Waals surface area contributed by atoms with Crippen molar-refractivity contribution < 1.29 is 0 Å². The Morgan fingerprint density at radius 1 is 1.56 bits per heavy atom. The minimum Gasteiger partial charge on any atom is -0.370 e. The third-order valence-corrected chi connectivity index (χ3v) is 3.09. The molecule has 1 aliphatic carbocycles. The maximum absolute atomic E-state index is 5.78. The number of imidazole rings is 1. The van der Waals surface area contributed by atoms with Crippen LogP contribution in [0, 0.1) is 6.92 Å². The van der Waals surface area contributed by atoms with Gasteiger partial charge in [0.15, 0.2) is 5.96 Å². The lowest BCUT2D eigenvalue weighted by Crippen LogP contribution is -2.33. The predicted octanol–water partition coefficient (Wildman–Crippen LogP) is 1.44. The Bertz CT molecular complexity index is 594. The number of benzene rings is 1.